The molecule has 2 heterocycles. The largest absolute Gasteiger partial charge is 0.381 e. The molecule has 0 saturated carbocycles. The van der Waals surface area contributed by atoms with E-state index >= 15 is 0 Å². The minimum Gasteiger partial charge on any atom is -0.381 e. The number of alkyl halides is 1. The maximum absolute atomic E-state index is 6.28. The molecule has 0 bridgehead atoms. The summed E-state index contributed by atoms with van der Waals surface area (Å²) >= 11 is 6.28. The van der Waals surface area contributed by atoms with Crippen LogP contribution in [-0.4, -0.2) is 30.8 Å². The van der Waals surface area contributed by atoms with Crippen molar-refractivity contribution in [1.82, 2.24) is 0 Å². The third-order valence-electron chi connectivity index (χ3n) is 4.76. The third kappa shape index (κ3) is 2.76. The predicted octanol–water partition coefficient (Wildman–Crippen LogP) is 3.68. The van der Waals surface area contributed by atoms with Gasteiger partial charge in [0.15, 0.2) is 0 Å². The Hall–Kier alpha value is -0.0500. The molecule has 2 atom stereocenters. The van der Waals surface area contributed by atoms with Crippen molar-refractivity contribution < 1.29 is 9.47 Å². The molecule has 2 aliphatic heterocycles. The van der Waals surface area contributed by atoms with Gasteiger partial charge in [0.2, 0.25) is 0 Å². The van der Waals surface area contributed by atoms with Gasteiger partial charge in [-0.25, -0.2) is 0 Å². The third-order valence-corrected chi connectivity index (χ3v) is 5.11. The van der Waals surface area contributed by atoms with E-state index in [1.54, 1.807) is 5.57 Å². The van der Waals surface area contributed by atoms with E-state index in [1.807, 2.05) is 0 Å². The van der Waals surface area contributed by atoms with E-state index < -0.39 is 0 Å². The van der Waals surface area contributed by atoms with Gasteiger partial charge in [0.05, 0.1) is 11.0 Å². The standard InChI is InChI=1S/C15H23ClO2/c16-14-3-1-2-12(10-14)13-4-7-18-15(11-13)5-8-17-9-6-15/h10,13-14H,1-9,11H2. The topological polar surface area (TPSA) is 18.5 Å². The first-order chi connectivity index (χ1) is 8.77. The van der Waals surface area contributed by atoms with Crippen LogP contribution in [0.1, 0.15) is 44.9 Å². The summed E-state index contributed by atoms with van der Waals surface area (Å²) < 4.78 is 11.6. The lowest BCUT2D eigenvalue weighted by Crippen LogP contribution is -2.44. The van der Waals surface area contributed by atoms with Crippen molar-refractivity contribution in [1.29, 1.82) is 0 Å². The van der Waals surface area contributed by atoms with Crippen LogP contribution in [0.4, 0.5) is 0 Å². The number of rotatable bonds is 1. The van der Waals surface area contributed by atoms with Gasteiger partial charge in [-0.05, 0) is 50.9 Å². The van der Waals surface area contributed by atoms with Crippen molar-refractivity contribution in [3.63, 3.8) is 0 Å². The summed E-state index contributed by atoms with van der Waals surface area (Å²) in [7, 11) is 0. The molecule has 3 rings (SSSR count). The van der Waals surface area contributed by atoms with Gasteiger partial charge in [0, 0.05) is 19.8 Å². The summed E-state index contributed by atoms with van der Waals surface area (Å²) in [5.41, 5.74) is 1.72. The van der Waals surface area contributed by atoms with E-state index in [0.29, 0.717) is 5.92 Å². The van der Waals surface area contributed by atoms with Crippen LogP contribution in [0.2, 0.25) is 0 Å². The van der Waals surface area contributed by atoms with Crippen molar-refractivity contribution in [2.75, 3.05) is 19.8 Å². The van der Waals surface area contributed by atoms with E-state index in [0.717, 1.165) is 39.1 Å². The minimum absolute atomic E-state index is 0.112. The molecule has 2 fully saturated rings. The molecule has 0 N–H and O–H groups in total. The molecule has 0 aromatic rings. The van der Waals surface area contributed by atoms with Crippen LogP contribution >= 0.6 is 11.6 Å². The highest BCUT2D eigenvalue weighted by Gasteiger charge is 2.40. The Morgan fingerprint density at radius 3 is 2.78 bits per heavy atom. The summed E-state index contributed by atoms with van der Waals surface area (Å²) in [5.74, 6) is 0.707. The van der Waals surface area contributed by atoms with Crippen LogP contribution in [0.15, 0.2) is 11.6 Å². The molecular weight excluding hydrogens is 248 g/mol. The van der Waals surface area contributed by atoms with Crippen LogP contribution in [-0.2, 0) is 9.47 Å². The van der Waals surface area contributed by atoms with E-state index in [9.17, 15) is 0 Å². The van der Waals surface area contributed by atoms with Crippen molar-refractivity contribution in [2.24, 2.45) is 5.92 Å². The van der Waals surface area contributed by atoms with Crippen LogP contribution in [0.3, 0.4) is 0 Å². The van der Waals surface area contributed by atoms with Gasteiger partial charge >= 0.3 is 0 Å². The van der Waals surface area contributed by atoms with Crippen molar-refractivity contribution in [2.45, 2.75) is 55.9 Å². The average Bonchev–Trinajstić information content (AvgIpc) is 2.40. The van der Waals surface area contributed by atoms with Crippen LogP contribution in [0, 0.1) is 5.92 Å². The van der Waals surface area contributed by atoms with Gasteiger partial charge in [-0.2, -0.15) is 0 Å². The van der Waals surface area contributed by atoms with E-state index in [-0.39, 0.29) is 11.0 Å². The molecule has 0 radical (unpaired) electrons. The van der Waals surface area contributed by atoms with Gasteiger partial charge < -0.3 is 9.47 Å². The van der Waals surface area contributed by atoms with Gasteiger partial charge in [-0.1, -0.05) is 11.6 Å². The highest BCUT2D eigenvalue weighted by atomic mass is 35.5. The molecule has 2 saturated heterocycles. The predicted molar refractivity (Wildman–Crippen MR) is 73.0 cm³/mol. The second-order valence-electron chi connectivity index (χ2n) is 5.98. The summed E-state index contributed by atoms with van der Waals surface area (Å²) in [6, 6.07) is 0. The van der Waals surface area contributed by atoms with Crippen LogP contribution in [0.25, 0.3) is 0 Å². The van der Waals surface area contributed by atoms with Gasteiger partial charge in [0.1, 0.15) is 0 Å². The zero-order chi connectivity index (χ0) is 12.4. The lowest BCUT2D eigenvalue weighted by atomic mass is 9.75. The number of hydrogen-bond donors (Lipinski definition) is 0. The molecule has 1 aliphatic carbocycles. The molecule has 0 amide bonds. The summed E-state index contributed by atoms with van der Waals surface area (Å²) in [6.07, 6.45) is 10.5. The van der Waals surface area contributed by atoms with Crippen molar-refractivity contribution in [3.8, 4) is 0 Å². The van der Waals surface area contributed by atoms with Gasteiger partial charge in [-0.3, -0.25) is 0 Å². The normalized spacial score (nSPS) is 36.4. The fourth-order valence-corrected chi connectivity index (χ4v) is 3.99. The highest BCUT2D eigenvalue weighted by Crippen LogP contribution is 2.42. The maximum Gasteiger partial charge on any atom is 0.0732 e. The van der Waals surface area contributed by atoms with E-state index in [1.165, 1.54) is 25.7 Å². The fourth-order valence-electron chi connectivity index (χ4n) is 3.68. The highest BCUT2D eigenvalue weighted by molar-refractivity contribution is 6.21. The molecular formula is C15H23ClO2. The monoisotopic (exact) mass is 270 g/mol. The lowest BCUT2D eigenvalue weighted by molar-refractivity contribution is -0.143. The Balaban J connectivity index is 1.69. The summed E-state index contributed by atoms with van der Waals surface area (Å²) in [5, 5.41) is 0.266. The molecule has 2 nitrogen and oxygen atoms in total. The first-order valence-corrected chi connectivity index (χ1v) is 7.77. The SMILES string of the molecule is ClC1C=C(C2CCOC3(CCOCC3)C2)CCC1. The van der Waals surface area contributed by atoms with Crippen molar-refractivity contribution >= 4 is 11.6 Å². The molecule has 3 heteroatoms. The molecule has 102 valence electrons. The van der Waals surface area contributed by atoms with E-state index in [4.69, 9.17) is 21.1 Å². The van der Waals surface area contributed by atoms with Gasteiger partial charge in [0.25, 0.3) is 0 Å². The fraction of sp³-hybridized carbons (Fsp3) is 0.867. The molecule has 2 unspecified atom stereocenters. The lowest BCUT2D eigenvalue weighted by Gasteiger charge is -2.44. The van der Waals surface area contributed by atoms with Crippen LogP contribution < -0.4 is 0 Å². The number of hydrogen-bond acceptors (Lipinski definition) is 2. The Labute approximate surface area is 115 Å². The molecule has 3 aliphatic rings. The smallest absolute Gasteiger partial charge is 0.0732 e. The minimum atomic E-state index is 0.112. The quantitative estimate of drug-likeness (QED) is 0.535. The average molecular weight is 271 g/mol. The number of halogens is 1. The Kier molecular flexibility index (Phi) is 3.97. The first-order valence-electron chi connectivity index (χ1n) is 7.34. The first kappa shape index (κ1) is 13.0. The second kappa shape index (κ2) is 5.52. The van der Waals surface area contributed by atoms with Crippen LogP contribution in [0.5, 0.6) is 0 Å². The summed E-state index contributed by atoms with van der Waals surface area (Å²) in [4.78, 5) is 0. The van der Waals surface area contributed by atoms with Gasteiger partial charge in [-0.15, -0.1) is 11.6 Å². The molecule has 1 spiro atoms. The number of ether oxygens (including phenoxy) is 2. The molecule has 18 heavy (non-hydrogen) atoms. The van der Waals surface area contributed by atoms with E-state index in [2.05, 4.69) is 6.08 Å². The Morgan fingerprint density at radius 1 is 1.17 bits per heavy atom. The number of allylic oxidation sites excluding steroid dienone is 2. The second-order valence-corrected chi connectivity index (χ2v) is 6.54. The molecule has 0 aromatic carbocycles. The Morgan fingerprint density at radius 2 is 2.00 bits per heavy atom. The summed E-state index contributed by atoms with van der Waals surface area (Å²) in [6.45, 7) is 2.64. The zero-order valence-corrected chi connectivity index (χ0v) is 11.8. The molecule has 0 aromatic heterocycles. The Bertz CT molecular complexity index is 315. The maximum atomic E-state index is 6.28. The zero-order valence-electron chi connectivity index (χ0n) is 11.0. The van der Waals surface area contributed by atoms with Crippen molar-refractivity contribution in [3.05, 3.63) is 11.6 Å².